The van der Waals surface area contributed by atoms with Gasteiger partial charge < -0.3 is 9.84 Å². The second-order valence-corrected chi connectivity index (χ2v) is 7.25. The molecule has 0 fully saturated rings. The molecule has 0 spiro atoms. The average molecular weight is 434 g/mol. The Hall–Kier alpha value is -1.89. The molecule has 0 saturated carbocycles. The molecular weight excluding hydrogens is 420 g/mol. The second kappa shape index (κ2) is 7.85. The van der Waals surface area contributed by atoms with E-state index in [0.717, 1.165) is 6.07 Å². The lowest BCUT2D eigenvalue weighted by Crippen LogP contribution is -2.63. The Morgan fingerprint density at radius 1 is 1.04 bits per heavy atom. The standard InChI is InChI=1S/C13H14B2F6O6S/c14-3-6-1-7(4-15)9(22)8(2-6)10(23)27-11(12(16,17)18,13(19,20)21)5-28(24,25)26/h1-2,22H,3-5,14-15H2,(H,24,25,26). The van der Waals surface area contributed by atoms with Gasteiger partial charge in [-0.25, -0.2) is 4.79 Å². The van der Waals surface area contributed by atoms with Gasteiger partial charge in [0.05, 0.1) is 0 Å². The third-order valence-electron chi connectivity index (χ3n) is 3.83. The van der Waals surface area contributed by atoms with E-state index in [1.165, 1.54) is 13.9 Å². The van der Waals surface area contributed by atoms with Crippen molar-refractivity contribution in [3.63, 3.8) is 0 Å². The van der Waals surface area contributed by atoms with E-state index in [2.05, 4.69) is 4.74 Å². The van der Waals surface area contributed by atoms with Crippen LogP contribution in [0.4, 0.5) is 26.3 Å². The largest absolute Gasteiger partial charge is 0.507 e. The maximum atomic E-state index is 13.2. The molecular formula is C13H14B2F6O6S. The lowest BCUT2D eigenvalue weighted by atomic mass is 9.88. The molecule has 156 valence electrons. The zero-order chi connectivity index (χ0) is 22.1. The van der Waals surface area contributed by atoms with E-state index in [-0.39, 0.29) is 18.2 Å². The molecule has 0 aliphatic rings. The lowest BCUT2D eigenvalue weighted by molar-refractivity contribution is -0.356. The van der Waals surface area contributed by atoms with E-state index in [1.54, 1.807) is 7.85 Å². The summed E-state index contributed by atoms with van der Waals surface area (Å²) in [6.45, 7) is 0. The fraction of sp³-hybridized carbons (Fsp3) is 0.462. The van der Waals surface area contributed by atoms with Gasteiger partial charge >= 0.3 is 23.9 Å². The number of rotatable bonds is 6. The number of ether oxygens (including phenoxy) is 1. The number of phenolic OH excluding ortho intramolecular Hbond substituents is 1. The van der Waals surface area contributed by atoms with Gasteiger partial charge in [0.15, 0.2) is 0 Å². The predicted molar refractivity (Wildman–Crippen MR) is 89.3 cm³/mol. The summed E-state index contributed by atoms with van der Waals surface area (Å²) in [5.74, 6) is -6.14. The second-order valence-electron chi connectivity index (χ2n) is 5.80. The summed E-state index contributed by atoms with van der Waals surface area (Å²) in [5, 5.41) is 9.98. The first kappa shape index (κ1) is 24.1. The van der Waals surface area contributed by atoms with Crippen LogP contribution in [0.2, 0.25) is 0 Å². The van der Waals surface area contributed by atoms with Crippen LogP contribution in [0.1, 0.15) is 21.5 Å². The molecule has 2 N–H and O–H groups in total. The van der Waals surface area contributed by atoms with Crippen molar-refractivity contribution in [1.29, 1.82) is 0 Å². The first-order valence-corrected chi connectivity index (χ1v) is 9.26. The molecule has 28 heavy (non-hydrogen) atoms. The minimum atomic E-state index is -6.44. The summed E-state index contributed by atoms with van der Waals surface area (Å²) in [4.78, 5) is 12.1. The van der Waals surface area contributed by atoms with E-state index >= 15 is 0 Å². The molecule has 0 aliphatic carbocycles. The number of esters is 1. The number of carbonyl (C=O) groups excluding carboxylic acids is 1. The highest BCUT2D eigenvalue weighted by molar-refractivity contribution is 7.85. The van der Waals surface area contributed by atoms with Gasteiger partial charge in [-0.1, -0.05) is 24.3 Å². The molecule has 0 heterocycles. The Bertz CT molecular complexity index is 838. The van der Waals surface area contributed by atoms with Gasteiger partial charge in [-0.05, 0) is 11.6 Å². The van der Waals surface area contributed by atoms with E-state index in [1.807, 2.05) is 0 Å². The normalized spacial score (nSPS) is 13.4. The number of halogens is 6. The lowest BCUT2D eigenvalue weighted by Gasteiger charge is -2.35. The molecule has 0 aliphatic heterocycles. The van der Waals surface area contributed by atoms with Crippen molar-refractivity contribution in [2.75, 3.05) is 5.75 Å². The summed E-state index contributed by atoms with van der Waals surface area (Å²) in [6, 6.07) is 2.23. The van der Waals surface area contributed by atoms with Gasteiger partial charge in [-0.15, -0.1) is 0 Å². The smallest absolute Gasteiger partial charge is 0.438 e. The molecule has 1 aromatic rings. The quantitative estimate of drug-likeness (QED) is 0.294. The number of hydrogen-bond donors (Lipinski definition) is 2. The number of benzene rings is 1. The zero-order valence-corrected chi connectivity index (χ0v) is 15.3. The van der Waals surface area contributed by atoms with Gasteiger partial charge in [0.25, 0.3) is 10.1 Å². The Morgan fingerprint density at radius 3 is 1.89 bits per heavy atom. The molecule has 0 atom stereocenters. The van der Waals surface area contributed by atoms with Crippen molar-refractivity contribution in [1.82, 2.24) is 0 Å². The zero-order valence-electron chi connectivity index (χ0n) is 14.5. The van der Waals surface area contributed by atoms with E-state index in [0.29, 0.717) is 5.56 Å². The van der Waals surface area contributed by atoms with Gasteiger partial charge in [-0.3, -0.25) is 4.55 Å². The third kappa shape index (κ3) is 4.93. The average Bonchev–Trinajstić information content (AvgIpc) is 2.50. The van der Waals surface area contributed by atoms with Crippen molar-refractivity contribution in [3.05, 3.63) is 28.8 Å². The van der Waals surface area contributed by atoms with Crippen molar-refractivity contribution in [2.45, 2.75) is 30.6 Å². The number of alkyl halides is 6. The topological polar surface area (TPSA) is 101 Å². The Balaban J connectivity index is 3.63. The molecule has 15 heteroatoms. The predicted octanol–water partition coefficient (Wildman–Crippen LogP) is 0.566. The van der Waals surface area contributed by atoms with Crippen LogP contribution in [0.25, 0.3) is 0 Å². The molecule has 0 saturated heterocycles. The Labute approximate surface area is 157 Å². The van der Waals surface area contributed by atoms with Crippen LogP contribution < -0.4 is 0 Å². The third-order valence-corrected chi connectivity index (χ3v) is 4.60. The number of phenols is 1. The Morgan fingerprint density at radius 2 is 1.54 bits per heavy atom. The maximum Gasteiger partial charge on any atom is 0.438 e. The minimum absolute atomic E-state index is 0.0608. The fourth-order valence-electron chi connectivity index (χ4n) is 2.33. The first-order chi connectivity index (χ1) is 12.5. The highest BCUT2D eigenvalue weighted by atomic mass is 32.2. The van der Waals surface area contributed by atoms with Crippen molar-refractivity contribution < 1.29 is 54.0 Å². The fourth-order valence-corrected chi connectivity index (χ4v) is 3.23. The van der Waals surface area contributed by atoms with Crippen LogP contribution in [-0.4, -0.2) is 63.4 Å². The molecule has 6 nitrogen and oxygen atoms in total. The highest BCUT2D eigenvalue weighted by Gasteiger charge is 2.76. The van der Waals surface area contributed by atoms with Crippen LogP contribution in [0, 0.1) is 0 Å². The van der Waals surface area contributed by atoms with Gasteiger partial charge in [-0.2, -0.15) is 34.8 Å². The summed E-state index contributed by atoms with van der Waals surface area (Å²) in [6.07, 6.45) is -12.6. The minimum Gasteiger partial charge on any atom is -0.507 e. The molecule has 0 aromatic heterocycles. The monoisotopic (exact) mass is 434 g/mol. The SMILES string of the molecule is BCc1cc(CB)c(O)c(C(=O)OC(CS(=O)(=O)O)(C(F)(F)F)C(F)(F)F)c1. The summed E-state index contributed by atoms with van der Waals surface area (Å²) in [7, 11) is -2.80. The van der Waals surface area contributed by atoms with Crippen LogP contribution in [0.5, 0.6) is 5.75 Å². The summed E-state index contributed by atoms with van der Waals surface area (Å²) in [5.41, 5.74) is -6.16. The van der Waals surface area contributed by atoms with Crippen LogP contribution in [0.3, 0.4) is 0 Å². The van der Waals surface area contributed by atoms with Crippen molar-refractivity contribution in [2.24, 2.45) is 0 Å². The number of aromatic hydroxyl groups is 1. The molecule has 0 amide bonds. The number of hydrogen-bond acceptors (Lipinski definition) is 5. The van der Waals surface area contributed by atoms with Gasteiger partial charge in [0.1, 0.15) is 32.8 Å². The molecule has 0 radical (unpaired) electrons. The van der Waals surface area contributed by atoms with E-state index in [9.17, 15) is 44.7 Å². The molecule has 1 rings (SSSR count). The summed E-state index contributed by atoms with van der Waals surface area (Å²) >= 11 is 0. The molecule has 0 bridgehead atoms. The van der Waals surface area contributed by atoms with Crippen LogP contribution >= 0.6 is 0 Å². The maximum absolute atomic E-state index is 13.2. The van der Waals surface area contributed by atoms with Crippen molar-refractivity contribution >= 4 is 31.8 Å². The molecule has 1 aromatic carbocycles. The summed E-state index contributed by atoms with van der Waals surface area (Å²) < 4.78 is 113. The number of carbonyl (C=O) groups is 1. The van der Waals surface area contributed by atoms with E-state index < -0.39 is 51.1 Å². The first-order valence-electron chi connectivity index (χ1n) is 7.65. The van der Waals surface area contributed by atoms with Gasteiger partial charge in [0.2, 0.25) is 0 Å². The van der Waals surface area contributed by atoms with E-state index in [4.69, 9.17) is 4.55 Å². The highest BCUT2D eigenvalue weighted by Crippen LogP contribution is 2.47. The van der Waals surface area contributed by atoms with Crippen LogP contribution in [0.15, 0.2) is 12.1 Å². The van der Waals surface area contributed by atoms with Crippen molar-refractivity contribution in [3.8, 4) is 5.75 Å². The Kier molecular flexibility index (Phi) is 6.77. The molecule has 0 unspecified atom stereocenters. The van der Waals surface area contributed by atoms with Crippen LogP contribution in [-0.2, 0) is 27.5 Å². The van der Waals surface area contributed by atoms with Gasteiger partial charge in [0, 0.05) is 0 Å².